The molecule has 0 N–H and O–H groups in total. The second-order valence-electron chi connectivity index (χ2n) is 8.27. The van der Waals surface area contributed by atoms with Crippen LogP contribution in [0.3, 0.4) is 0 Å². The molecule has 128 valence electrons. The molecule has 0 saturated heterocycles. The van der Waals surface area contributed by atoms with E-state index in [4.69, 9.17) is 0 Å². The smallest absolute Gasteiger partial charge is 0.186 e. The number of Topliss-reactive ketones (excluding diaryl/α,β-unsaturated/α-hetero) is 1. The first kappa shape index (κ1) is 19.4. The van der Waals surface area contributed by atoms with Gasteiger partial charge in [-0.25, -0.2) is 0 Å². The van der Waals surface area contributed by atoms with Crippen molar-refractivity contribution in [2.24, 2.45) is 10.8 Å². The van der Waals surface area contributed by atoms with E-state index in [1.165, 1.54) is 0 Å². The Balaban J connectivity index is 3.59. The molecular weight excluding hydrogens is 288 g/mol. The molecule has 3 nitrogen and oxygen atoms in total. The fraction of sp³-hybridized carbons (Fsp3) is 0.600. The number of aliphatic carboxylic acids is 1. The van der Waals surface area contributed by atoms with Gasteiger partial charge >= 0.3 is 0 Å². The van der Waals surface area contributed by atoms with Gasteiger partial charge in [-0.1, -0.05) is 54.9 Å². The topological polar surface area (TPSA) is 57.2 Å². The van der Waals surface area contributed by atoms with Crippen LogP contribution in [-0.2, 0) is 9.59 Å². The maximum absolute atomic E-state index is 12.8. The third-order valence-corrected chi connectivity index (χ3v) is 4.08. The Morgan fingerprint density at radius 3 is 1.74 bits per heavy atom. The molecule has 0 radical (unpaired) electrons. The highest BCUT2D eigenvalue weighted by atomic mass is 16.4. The van der Waals surface area contributed by atoms with Crippen molar-refractivity contribution < 1.29 is 14.7 Å². The van der Waals surface area contributed by atoms with Crippen LogP contribution in [0.1, 0.15) is 67.7 Å². The molecule has 0 fully saturated rings. The van der Waals surface area contributed by atoms with Crippen LogP contribution in [0.4, 0.5) is 0 Å². The molecule has 3 heteroatoms. The van der Waals surface area contributed by atoms with Gasteiger partial charge in [-0.15, -0.1) is 0 Å². The lowest BCUT2D eigenvalue weighted by Crippen LogP contribution is -2.30. The molecule has 0 bridgehead atoms. The summed E-state index contributed by atoms with van der Waals surface area (Å²) in [4.78, 5) is 24.4. The highest BCUT2D eigenvalue weighted by molar-refractivity contribution is 6.12. The molecule has 1 aliphatic rings. The van der Waals surface area contributed by atoms with Gasteiger partial charge in [0.15, 0.2) is 5.78 Å². The molecule has 1 rings (SSSR count). The summed E-state index contributed by atoms with van der Waals surface area (Å²) < 4.78 is 0. The number of hydrogen-bond acceptors (Lipinski definition) is 3. The molecule has 0 amide bonds. The maximum atomic E-state index is 12.8. The zero-order chi connectivity index (χ0) is 18.0. The van der Waals surface area contributed by atoms with E-state index in [2.05, 4.69) is 0 Å². The lowest BCUT2D eigenvalue weighted by atomic mass is 9.71. The summed E-state index contributed by atoms with van der Waals surface area (Å²) in [5.41, 5.74) is 1.56. The summed E-state index contributed by atoms with van der Waals surface area (Å²) in [6.45, 7) is 13.9. The van der Waals surface area contributed by atoms with Crippen molar-refractivity contribution in [2.45, 2.75) is 67.7 Å². The molecule has 0 atom stereocenters. The summed E-state index contributed by atoms with van der Waals surface area (Å²) in [6.07, 6.45) is 5.66. The van der Waals surface area contributed by atoms with Gasteiger partial charge in [-0.2, -0.15) is 0 Å². The number of carbonyl (C=O) groups is 2. The van der Waals surface area contributed by atoms with Gasteiger partial charge in [0.2, 0.25) is 0 Å². The lowest BCUT2D eigenvalue weighted by Gasteiger charge is -2.32. The van der Waals surface area contributed by atoms with E-state index in [0.717, 1.165) is 12.8 Å². The molecule has 0 aromatic carbocycles. The first-order valence-electron chi connectivity index (χ1n) is 8.33. The van der Waals surface area contributed by atoms with Crippen LogP contribution in [0.25, 0.3) is 0 Å². The van der Waals surface area contributed by atoms with Crippen LogP contribution in [0.15, 0.2) is 34.4 Å². The average molecular weight is 317 g/mol. The van der Waals surface area contributed by atoms with Crippen molar-refractivity contribution in [3.8, 4) is 0 Å². The lowest BCUT2D eigenvalue weighted by molar-refractivity contribution is -0.299. The average Bonchev–Trinajstić information content (AvgIpc) is 2.37. The van der Waals surface area contributed by atoms with Crippen molar-refractivity contribution >= 4 is 11.8 Å². The van der Waals surface area contributed by atoms with Gasteiger partial charge in [0, 0.05) is 11.1 Å². The monoisotopic (exact) mass is 317 g/mol. The number of carboxylic acid groups (broad SMARTS) is 1. The van der Waals surface area contributed by atoms with E-state index >= 15 is 0 Å². The highest BCUT2D eigenvalue weighted by Gasteiger charge is 2.34. The molecule has 1 aliphatic carbocycles. The van der Waals surface area contributed by atoms with Crippen molar-refractivity contribution in [1.82, 2.24) is 0 Å². The molecule has 0 aromatic heterocycles. The SMILES string of the molecule is CCCCC(C(=O)[O-])=C1C=C(C(C)(C)C)C(=O)C(C(C)(C)C)=C1. The Labute approximate surface area is 140 Å². The van der Waals surface area contributed by atoms with E-state index < -0.39 is 5.97 Å². The minimum absolute atomic E-state index is 0.0157. The van der Waals surface area contributed by atoms with Crippen LogP contribution >= 0.6 is 0 Å². The quantitative estimate of drug-likeness (QED) is 0.742. The van der Waals surface area contributed by atoms with Crippen LogP contribution in [0, 0.1) is 10.8 Å². The van der Waals surface area contributed by atoms with E-state index in [-0.39, 0.29) is 16.6 Å². The van der Waals surface area contributed by atoms with Gasteiger partial charge in [0.1, 0.15) is 0 Å². The van der Waals surface area contributed by atoms with Crippen LogP contribution in [0.2, 0.25) is 0 Å². The van der Waals surface area contributed by atoms with E-state index in [9.17, 15) is 14.7 Å². The number of unbranched alkanes of at least 4 members (excludes halogenated alkanes) is 1. The minimum Gasteiger partial charge on any atom is -0.545 e. The van der Waals surface area contributed by atoms with Crippen molar-refractivity contribution in [3.05, 3.63) is 34.4 Å². The molecule has 0 aliphatic heterocycles. The molecule has 0 saturated carbocycles. The first-order chi connectivity index (χ1) is 10.4. The third kappa shape index (κ3) is 4.66. The van der Waals surface area contributed by atoms with Crippen molar-refractivity contribution in [1.29, 1.82) is 0 Å². The summed E-state index contributed by atoms with van der Waals surface area (Å²) in [7, 11) is 0. The molecule has 0 aromatic rings. The normalized spacial score (nSPS) is 16.1. The zero-order valence-electron chi connectivity index (χ0n) is 15.5. The van der Waals surface area contributed by atoms with Gasteiger partial charge in [-0.3, -0.25) is 4.79 Å². The standard InChI is InChI=1S/C20H30O3/c1-8-9-10-14(18(22)23)13-11-15(19(2,3)4)17(21)16(12-13)20(5,6)7/h11-12H,8-10H2,1-7H3,(H,22,23)/p-1. The number of hydrogen-bond donors (Lipinski definition) is 0. The minimum atomic E-state index is -1.14. The summed E-state index contributed by atoms with van der Waals surface area (Å²) in [5, 5.41) is 11.6. The second kappa shape index (κ2) is 6.86. The molecule has 0 heterocycles. The summed E-state index contributed by atoms with van der Waals surface area (Å²) in [6, 6.07) is 0. The fourth-order valence-corrected chi connectivity index (χ4v) is 2.64. The fourth-order valence-electron chi connectivity index (χ4n) is 2.64. The van der Waals surface area contributed by atoms with Crippen molar-refractivity contribution in [2.75, 3.05) is 0 Å². The first-order valence-corrected chi connectivity index (χ1v) is 8.33. The van der Waals surface area contributed by atoms with Gasteiger partial charge in [-0.05, 0) is 47.0 Å². The summed E-state index contributed by atoms with van der Waals surface area (Å²) >= 11 is 0. The van der Waals surface area contributed by atoms with Crippen LogP contribution < -0.4 is 5.11 Å². The predicted octanol–water partition coefficient (Wildman–Crippen LogP) is 3.75. The molecule has 23 heavy (non-hydrogen) atoms. The molecular formula is C20H29O3-. The number of carbonyl (C=O) groups excluding carboxylic acids is 2. The number of carboxylic acids is 1. The van der Waals surface area contributed by atoms with Gasteiger partial charge in [0.25, 0.3) is 0 Å². The Morgan fingerprint density at radius 2 is 1.43 bits per heavy atom. The van der Waals surface area contributed by atoms with Crippen LogP contribution in [0.5, 0.6) is 0 Å². The second-order valence-corrected chi connectivity index (χ2v) is 8.27. The van der Waals surface area contributed by atoms with Gasteiger partial charge < -0.3 is 9.90 Å². The Morgan fingerprint density at radius 1 is 1.00 bits per heavy atom. The van der Waals surface area contributed by atoms with E-state index in [1.54, 1.807) is 12.2 Å². The Hall–Kier alpha value is -1.64. The molecule has 0 unspecified atom stereocenters. The summed E-state index contributed by atoms with van der Waals surface area (Å²) in [5.74, 6) is -1.13. The van der Waals surface area contributed by atoms with Crippen LogP contribution in [-0.4, -0.2) is 11.8 Å². The highest BCUT2D eigenvalue weighted by Crippen LogP contribution is 2.39. The van der Waals surface area contributed by atoms with E-state index in [1.807, 2.05) is 48.5 Å². The zero-order valence-corrected chi connectivity index (χ0v) is 15.5. The molecule has 0 spiro atoms. The third-order valence-electron chi connectivity index (χ3n) is 4.08. The predicted molar refractivity (Wildman–Crippen MR) is 91.6 cm³/mol. The van der Waals surface area contributed by atoms with Crippen molar-refractivity contribution in [3.63, 3.8) is 0 Å². The van der Waals surface area contributed by atoms with Gasteiger partial charge in [0.05, 0.1) is 5.97 Å². The number of allylic oxidation sites excluding steroid dienone is 5. The number of ketones is 1. The largest absolute Gasteiger partial charge is 0.545 e. The Bertz CT molecular complexity index is 551. The maximum Gasteiger partial charge on any atom is 0.186 e. The number of rotatable bonds is 4. The van der Waals surface area contributed by atoms with E-state index in [0.29, 0.717) is 28.7 Å². The Kier molecular flexibility index (Phi) is 5.79.